The molecule has 1 heterocycles. The van der Waals surface area contributed by atoms with Gasteiger partial charge in [-0.1, -0.05) is 36.4 Å². The van der Waals surface area contributed by atoms with Gasteiger partial charge in [-0.05, 0) is 30.2 Å². The van der Waals surface area contributed by atoms with Gasteiger partial charge in [-0.25, -0.2) is 8.78 Å². The highest BCUT2D eigenvalue weighted by Crippen LogP contribution is 2.20. The quantitative estimate of drug-likeness (QED) is 0.757. The molecule has 1 N–H and O–H groups in total. The summed E-state index contributed by atoms with van der Waals surface area (Å²) in [6.07, 6.45) is 3.61. The number of nitrogens with one attached hydrogen (secondary N) is 1. The van der Waals surface area contributed by atoms with Gasteiger partial charge in [0.15, 0.2) is 11.6 Å². The number of anilines is 1. The van der Waals surface area contributed by atoms with E-state index in [1.54, 1.807) is 12.3 Å². The van der Waals surface area contributed by atoms with Gasteiger partial charge in [0.1, 0.15) is 0 Å². The van der Waals surface area contributed by atoms with E-state index in [0.29, 0.717) is 12.1 Å². The fourth-order valence-electron chi connectivity index (χ4n) is 2.41. The van der Waals surface area contributed by atoms with Crippen LogP contribution in [-0.4, -0.2) is 9.78 Å². The third-order valence-electron chi connectivity index (χ3n) is 3.65. The summed E-state index contributed by atoms with van der Waals surface area (Å²) in [5.74, 6) is -1.67. The molecule has 1 unspecified atom stereocenters. The van der Waals surface area contributed by atoms with Gasteiger partial charge in [0.25, 0.3) is 0 Å². The van der Waals surface area contributed by atoms with Crippen molar-refractivity contribution in [2.75, 3.05) is 5.32 Å². The number of hydrogen-bond donors (Lipinski definition) is 1. The second kappa shape index (κ2) is 6.60. The van der Waals surface area contributed by atoms with Crippen molar-refractivity contribution >= 4 is 5.69 Å². The largest absolute Gasteiger partial charge is 0.376 e. The smallest absolute Gasteiger partial charge is 0.159 e. The molecule has 0 bridgehead atoms. The molecule has 0 radical (unpaired) electrons. The first-order chi connectivity index (χ1) is 11.1. The van der Waals surface area contributed by atoms with Gasteiger partial charge in [-0.15, -0.1) is 0 Å². The Hall–Kier alpha value is -2.69. The van der Waals surface area contributed by atoms with Crippen LogP contribution in [0, 0.1) is 11.6 Å². The fourth-order valence-corrected chi connectivity index (χ4v) is 2.41. The van der Waals surface area contributed by atoms with Crippen molar-refractivity contribution in [1.82, 2.24) is 9.78 Å². The summed E-state index contributed by atoms with van der Waals surface area (Å²) in [6.45, 7) is 2.57. The van der Waals surface area contributed by atoms with Crippen LogP contribution in [0.15, 0.2) is 60.9 Å². The lowest BCUT2D eigenvalue weighted by Crippen LogP contribution is -2.07. The first kappa shape index (κ1) is 15.2. The maximum Gasteiger partial charge on any atom is 0.159 e. The molecule has 0 amide bonds. The molecule has 3 aromatic rings. The van der Waals surface area contributed by atoms with Crippen LogP contribution in [0.2, 0.25) is 0 Å². The zero-order valence-electron chi connectivity index (χ0n) is 12.7. The summed E-state index contributed by atoms with van der Waals surface area (Å²) in [7, 11) is 0. The van der Waals surface area contributed by atoms with E-state index in [-0.39, 0.29) is 6.04 Å². The highest BCUT2D eigenvalue weighted by Gasteiger charge is 2.10. The monoisotopic (exact) mass is 313 g/mol. The molecular weight excluding hydrogens is 296 g/mol. The Morgan fingerprint density at radius 1 is 1.09 bits per heavy atom. The predicted molar refractivity (Wildman–Crippen MR) is 86.2 cm³/mol. The summed E-state index contributed by atoms with van der Waals surface area (Å²) >= 11 is 0. The van der Waals surface area contributed by atoms with Crippen molar-refractivity contribution in [3.8, 4) is 0 Å². The molecule has 0 fully saturated rings. The second-order valence-electron chi connectivity index (χ2n) is 5.45. The van der Waals surface area contributed by atoms with E-state index >= 15 is 0 Å². The van der Waals surface area contributed by atoms with E-state index < -0.39 is 11.6 Å². The molecule has 1 atom stereocenters. The van der Waals surface area contributed by atoms with E-state index in [2.05, 4.69) is 10.4 Å². The molecule has 0 spiro atoms. The minimum Gasteiger partial charge on any atom is -0.376 e. The Morgan fingerprint density at radius 3 is 2.61 bits per heavy atom. The topological polar surface area (TPSA) is 29.9 Å². The Kier molecular flexibility index (Phi) is 4.37. The van der Waals surface area contributed by atoms with Crippen LogP contribution in [0.4, 0.5) is 14.5 Å². The van der Waals surface area contributed by atoms with E-state index in [0.717, 1.165) is 17.3 Å². The third kappa shape index (κ3) is 3.74. The van der Waals surface area contributed by atoms with Crippen molar-refractivity contribution in [3.63, 3.8) is 0 Å². The van der Waals surface area contributed by atoms with Crippen molar-refractivity contribution in [1.29, 1.82) is 0 Å². The summed E-state index contributed by atoms with van der Waals surface area (Å²) in [6, 6.07) is 13.8. The highest BCUT2D eigenvalue weighted by molar-refractivity contribution is 5.41. The maximum atomic E-state index is 13.3. The molecule has 0 aliphatic rings. The van der Waals surface area contributed by atoms with E-state index in [4.69, 9.17) is 0 Å². The lowest BCUT2D eigenvalue weighted by Gasteiger charge is -2.14. The zero-order chi connectivity index (χ0) is 16.2. The zero-order valence-corrected chi connectivity index (χ0v) is 12.7. The van der Waals surface area contributed by atoms with Gasteiger partial charge in [0.05, 0.1) is 18.4 Å². The number of halogens is 2. The number of rotatable bonds is 5. The van der Waals surface area contributed by atoms with Crippen LogP contribution in [0.3, 0.4) is 0 Å². The average molecular weight is 313 g/mol. The normalized spacial score (nSPS) is 12.1. The lowest BCUT2D eigenvalue weighted by atomic mass is 10.1. The molecule has 0 saturated heterocycles. The molecule has 5 heteroatoms. The Bertz CT molecular complexity index is 784. The van der Waals surface area contributed by atoms with Crippen LogP contribution >= 0.6 is 0 Å². The lowest BCUT2D eigenvalue weighted by molar-refractivity contribution is 0.506. The molecule has 2 aromatic carbocycles. The molecule has 0 aliphatic heterocycles. The van der Waals surface area contributed by atoms with E-state index in [1.165, 1.54) is 6.07 Å². The van der Waals surface area contributed by atoms with Gasteiger partial charge in [-0.2, -0.15) is 5.10 Å². The minimum atomic E-state index is -0.837. The number of hydrogen-bond acceptors (Lipinski definition) is 2. The molecule has 3 nitrogen and oxygen atoms in total. The fraction of sp³-hybridized carbons (Fsp3) is 0.167. The Balaban J connectivity index is 1.67. The molecule has 0 aliphatic carbocycles. The van der Waals surface area contributed by atoms with Gasteiger partial charge in [0.2, 0.25) is 0 Å². The second-order valence-corrected chi connectivity index (χ2v) is 5.45. The van der Waals surface area contributed by atoms with Gasteiger partial charge in [0, 0.05) is 12.2 Å². The highest BCUT2D eigenvalue weighted by atomic mass is 19.2. The SMILES string of the molecule is CC(Nc1cnn(Cc2ccccc2)c1)c1ccc(F)c(F)c1. The summed E-state index contributed by atoms with van der Waals surface area (Å²) in [4.78, 5) is 0. The molecule has 23 heavy (non-hydrogen) atoms. The Morgan fingerprint density at radius 2 is 1.87 bits per heavy atom. The molecular formula is C18H17F2N3. The summed E-state index contributed by atoms with van der Waals surface area (Å²) in [5, 5.41) is 7.55. The van der Waals surface area contributed by atoms with Crippen LogP contribution < -0.4 is 5.32 Å². The first-order valence-corrected chi connectivity index (χ1v) is 7.39. The van der Waals surface area contributed by atoms with E-state index in [1.807, 2.05) is 48.1 Å². The summed E-state index contributed by atoms with van der Waals surface area (Å²) < 4.78 is 28.1. The predicted octanol–water partition coefficient (Wildman–Crippen LogP) is 4.38. The van der Waals surface area contributed by atoms with Crippen LogP contribution in [0.25, 0.3) is 0 Å². The number of aromatic nitrogens is 2. The van der Waals surface area contributed by atoms with Crippen molar-refractivity contribution in [2.24, 2.45) is 0 Å². The van der Waals surface area contributed by atoms with Crippen molar-refractivity contribution in [2.45, 2.75) is 19.5 Å². The average Bonchev–Trinajstić information content (AvgIpc) is 2.98. The minimum absolute atomic E-state index is 0.153. The standard InChI is InChI=1S/C18H17F2N3/c1-13(15-7-8-17(19)18(20)9-15)22-16-10-21-23(12-16)11-14-5-3-2-4-6-14/h2-10,12-13,22H,11H2,1H3. The van der Waals surface area contributed by atoms with Crippen LogP contribution in [0.5, 0.6) is 0 Å². The molecule has 118 valence electrons. The Labute approximate surface area is 133 Å². The maximum absolute atomic E-state index is 13.3. The number of benzene rings is 2. The van der Waals surface area contributed by atoms with Gasteiger partial charge >= 0.3 is 0 Å². The number of nitrogens with zero attached hydrogens (tertiary/aromatic N) is 2. The van der Waals surface area contributed by atoms with E-state index in [9.17, 15) is 8.78 Å². The van der Waals surface area contributed by atoms with Gasteiger partial charge in [-0.3, -0.25) is 4.68 Å². The third-order valence-corrected chi connectivity index (χ3v) is 3.65. The van der Waals surface area contributed by atoms with Crippen LogP contribution in [0.1, 0.15) is 24.1 Å². The first-order valence-electron chi connectivity index (χ1n) is 7.39. The van der Waals surface area contributed by atoms with Crippen molar-refractivity contribution < 1.29 is 8.78 Å². The van der Waals surface area contributed by atoms with Crippen LogP contribution in [-0.2, 0) is 6.54 Å². The van der Waals surface area contributed by atoms with Crippen molar-refractivity contribution in [3.05, 3.63) is 83.7 Å². The molecule has 1 aromatic heterocycles. The molecule has 0 saturated carbocycles. The summed E-state index contributed by atoms with van der Waals surface area (Å²) in [5.41, 5.74) is 2.67. The van der Waals surface area contributed by atoms with Gasteiger partial charge < -0.3 is 5.32 Å². The molecule has 3 rings (SSSR count).